The first kappa shape index (κ1) is 21.3. The average Bonchev–Trinajstić information content (AvgIpc) is 3.21. The number of esters is 1. The summed E-state index contributed by atoms with van der Waals surface area (Å²) in [5.74, 6) is 0.138. The molecular formula is C24H22N4O7. The number of nitrogens with zero attached hydrogens (tertiary/aromatic N) is 2. The van der Waals surface area contributed by atoms with Crippen LogP contribution in [0, 0.1) is 5.92 Å². The highest BCUT2D eigenvalue weighted by molar-refractivity contribution is 6.09. The van der Waals surface area contributed by atoms with Gasteiger partial charge in [0, 0.05) is 23.7 Å². The van der Waals surface area contributed by atoms with Crippen LogP contribution in [0.2, 0.25) is 0 Å². The van der Waals surface area contributed by atoms with E-state index in [1.54, 1.807) is 17.0 Å². The molecule has 0 unspecified atom stereocenters. The Morgan fingerprint density at radius 1 is 1.09 bits per heavy atom. The van der Waals surface area contributed by atoms with Crippen LogP contribution >= 0.6 is 0 Å². The van der Waals surface area contributed by atoms with Gasteiger partial charge in [0.15, 0.2) is 11.5 Å². The highest BCUT2D eigenvalue weighted by Crippen LogP contribution is 2.66. The number of aromatic amines is 2. The van der Waals surface area contributed by atoms with Gasteiger partial charge < -0.3 is 33.8 Å². The minimum Gasteiger partial charge on any atom is -0.493 e. The molecule has 1 saturated carbocycles. The molecule has 1 spiro atoms. The second kappa shape index (κ2) is 7.11. The van der Waals surface area contributed by atoms with E-state index >= 15 is 0 Å². The zero-order chi connectivity index (χ0) is 24.6. The van der Waals surface area contributed by atoms with E-state index in [9.17, 15) is 14.4 Å². The first-order valence-corrected chi connectivity index (χ1v) is 11.0. The molecule has 11 heteroatoms. The first-order valence-electron chi connectivity index (χ1n) is 11.0. The molecule has 2 fully saturated rings. The SMILES string of the molecule is COC(=O)c1nc2c([nH]1)[C@]13C[C@H]1CN(C(=O)c1cc4cc(OC)c(OC)c(OC)c4[nH]1)C3=CC2=O. The summed E-state index contributed by atoms with van der Waals surface area (Å²) in [5, 5.41) is 0.717. The van der Waals surface area contributed by atoms with E-state index in [-0.39, 0.29) is 29.1 Å². The van der Waals surface area contributed by atoms with Crippen LogP contribution in [-0.4, -0.2) is 72.5 Å². The Morgan fingerprint density at radius 3 is 2.54 bits per heavy atom. The number of ether oxygens (including phenoxy) is 4. The van der Waals surface area contributed by atoms with Gasteiger partial charge in [-0.25, -0.2) is 9.78 Å². The van der Waals surface area contributed by atoms with Crippen molar-refractivity contribution in [3.05, 3.63) is 46.8 Å². The number of carbonyl (C=O) groups is 3. The van der Waals surface area contributed by atoms with Gasteiger partial charge in [-0.1, -0.05) is 0 Å². The van der Waals surface area contributed by atoms with E-state index in [2.05, 4.69) is 15.0 Å². The second-order valence-electron chi connectivity index (χ2n) is 8.78. The van der Waals surface area contributed by atoms with Crippen molar-refractivity contribution in [2.24, 2.45) is 5.92 Å². The van der Waals surface area contributed by atoms with Crippen molar-refractivity contribution < 1.29 is 33.3 Å². The van der Waals surface area contributed by atoms with Crippen molar-refractivity contribution in [2.75, 3.05) is 35.0 Å². The summed E-state index contributed by atoms with van der Waals surface area (Å²) < 4.78 is 21.1. The smallest absolute Gasteiger partial charge is 0.374 e. The van der Waals surface area contributed by atoms with Crippen molar-refractivity contribution in [3.63, 3.8) is 0 Å². The van der Waals surface area contributed by atoms with E-state index < -0.39 is 11.4 Å². The third-order valence-electron chi connectivity index (χ3n) is 7.18. The number of likely N-dealkylation sites (tertiary alicyclic amines) is 1. The molecule has 11 nitrogen and oxygen atoms in total. The van der Waals surface area contributed by atoms with E-state index in [4.69, 9.17) is 18.9 Å². The van der Waals surface area contributed by atoms with Crippen molar-refractivity contribution in [3.8, 4) is 17.2 Å². The number of hydrogen-bond acceptors (Lipinski definition) is 8. The van der Waals surface area contributed by atoms with Crippen molar-refractivity contribution in [1.82, 2.24) is 19.9 Å². The van der Waals surface area contributed by atoms with Gasteiger partial charge in [0.2, 0.25) is 17.4 Å². The molecule has 2 aliphatic carbocycles. The normalized spacial score (nSPS) is 21.7. The van der Waals surface area contributed by atoms with Gasteiger partial charge in [0.25, 0.3) is 5.91 Å². The van der Waals surface area contributed by atoms with Crippen LogP contribution in [-0.2, 0) is 10.2 Å². The van der Waals surface area contributed by atoms with E-state index in [0.717, 1.165) is 6.42 Å². The number of H-pyrrole nitrogens is 2. The molecule has 2 atom stereocenters. The fourth-order valence-electron chi connectivity index (χ4n) is 5.52. The molecule has 3 aliphatic rings. The summed E-state index contributed by atoms with van der Waals surface area (Å²) in [4.78, 5) is 50.5. The Bertz CT molecular complexity index is 1480. The lowest BCUT2D eigenvalue weighted by Crippen LogP contribution is -2.34. The number of methoxy groups -OCH3 is 4. The topological polar surface area (TPSA) is 136 Å². The molecule has 6 rings (SSSR count). The standard InChI is InChI=1S/C24H22N4O7/c1-32-14-6-10-5-12(25-16(10)19(34-3)18(14)33-2)22(30)28-9-11-8-24(11)15(28)7-13(29)17-20(24)27-21(26-17)23(31)35-4/h5-7,11,25H,8-9H2,1-4H3,(H,26,27)/t11-,24+/m0/s1. The fraction of sp³-hybridized carbons (Fsp3) is 0.333. The average molecular weight is 478 g/mol. The van der Waals surface area contributed by atoms with E-state index in [1.165, 1.54) is 34.5 Å². The molecule has 2 aromatic heterocycles. The summed E-state index contributed by atoms with van der Waals surface area (Å²) in [6.07, 6.45) is 2.23. The van der Waals surface area contributed by atoms with Crippen LogP contribution in [0.5, 0.6) is 17.2 Å². The summed E-state index contributed by atoms with van der Waals surface area (Å²) >= 11 is 0. The third-order valence-corrected chi connectivity index (χ3v) is 7.18. The lowest BCUT2D eigenvalue weighted by atomic mass is 9.88. The monoisotopic (exact) mass is 478 g/mol. The quantitative estimate of drug-likeness (QED) is 0.533. The number of allylic oxidation sites excluding steroid dienone is 2. The summed E-state index contributed by atoms with van der Waals surface area (Å²) in [5.41, 5.74) is 1.80. The van der Waals surface area contributed by atoms with Crippen molar-refractivity contribution in [1.29, 1.82) is 0 Å². The zero-order valence-electron chi connectivity index (χ0n) is 19.5. The third kappa shape index (κ3) is 2.66. The number of fused-ring (bicyclic) bond motifs is 2. The Labute approximate surface area is 199 Å². The molecule has 1 aromatic carbocycles. The highest BCUT2D eigenvalue weighted by atomic mass is 16.5. The molecular weight excluding hydrogens is 456 g/mol. The largest absolute Gasteiger partial charge is 0.493 e. The van der Waals surface area contributed by atoms with E-state index in [1.807, 2.05) is 0 Å². The molecule has 0 bridgehead atoms. The van der Waals surface area contributed by atoms with Gasteiger partial charge in [-0.2, -0.15) is 0 Å². The number of ketones is 1. The van der Waals surface area contributed by atoms with Crippen molar-refractivity contribution >= 4 is 28.6 Å². The van der Waals surface area contributed by atoms with Crippen LogP contribution < -0.4 is 14.2 Å². The van der Waals surface area contributed by atoms with Gasteiger partial charge in [-0.3, -0.25) is 9.59 Å². The predicted octanol–water partition coefficient (Wildman–Crippen LogP) is 2.20. The Morgan fingerprint density at radius 2 is 1.86 bits per heavy atom. The van der Waals surface area contributed by atoms with Crippen LogP contribution in [0.25, 0.3) is 10.9 Å². The highest BCUT2D eigenvalue weighted by Gasteiger charge is 2.68. The number of hydrogen-bond donors (Lipinski definition) is 2. The molecule has 1 saturated heterocycles. The second-order valence-corrected chi connectivity index (χ2v) is 8.78. The maximum atomic E-state index is 13.7. The number of imidazole rings is 1. The maximum Gasteiger partial charge on any atom is 0.374 e. The Hall–Kier alpha value is -4.28. The molecule has 2 N–H and O–H groups in total. The van der Waals surface area contributed by atoms with Gasteiger partial charge >= 0.3 is 5.97 Å². The van der Waals surface area contributed by atoms with Crippen LogP contribution in [0.3, 0.4) is 0 Å². The lowest BCUT2D eigenvalue weighted by Gasteiger charge is -2.26. The first-order chi connectivity index (χ1) is 16.9. The van der Waals surface area contributed by atoms with Gasteiger partial charge in [-0.05, 0) is 24.5 Å². The number of amides is 1. The number of carbonyl (C=O) groups excluding carboxylic acids is 3. The zero-order valence-corrected chi connectivity index (χ0v) is 19.5. The Balaban J connectivity index is 1.40. The number of rotatable bonds is 5. The number of benzene rings is 1. The molecule has 3 heterocycles. The van der Waals surface area contributed by atoms with Crippen LogP contribution in [0.4, 0.5) is 0 Å². The lowest BCUT2D eigenvalue weighted by molar-refractivity contribution is 0.0587. The molecule has 35 heavy (non-hydrogen) atoms. The molecule has 1 aliphatic heterocycles. The number of aromatic nitrogens is 3. The molecule has 3 aromatic rings. The van der Waals surface area contributed by atoms with Crippen molar-refractivity contribution in [2.45, 2.75) is 11.8 Å². The van der Waals surface area contributed by atoms with E-state index in [0.29, 0.717) is 51.8 Å². The predicted molar refractivity (Wildman–Crippen MR) is 121 cm³/mol. The minimum absolute atomic E-state index is 0.0177. The summed E-state index contributed by atoms with van der Waals surface area (Å²) in [6.45, 7) is 0.448. The maximum absolute atomic E-state index is 13.7. The van der Waals surface area contributed by atoms with Gasteiger partial charge in [0.05, 0.1) is 45.1 Å². The summed E-state index contributed by atoms with van der Waals surface area (Å²) in [7, 11) is 5.81. The van der Waals surface area contributed by atoms with Gasteiger partial charge in [0.1, 0.15) is 11.4 Å². The molecule has 180 valence electrons. The number of piperidine rings is 1. The van der Waals surface area contributed by atoms with Gasteiger partial charge in [-0.15, -0.1) is 0 Å². The fourth-order valence-corrected chi connectivity index (χ4v) is 5.52. The number of nitrogens with one attached hydrogen (secondary N) is 2. The Kier molecular flexibility index (Phi) is 4.32. The van der Waals surface area contributed by atoms with Crippen LogP contribution in [0.15, 0.2) is 23.9 Å². The summed E-state index contributed by atoms with van der Waals surface area (Å²) in [6, 6.07) is 3.49. The van der Waals surface area contributed by atoms with Crippen LogP contribution in [0.1, 0.15) is 43.7 Å². The minimum atomic E-state index is -0.647. The molecule has 0 radical (unpaired) electrons. The molecule has 1 amide bonds.